The fraction of sp³-hybridized carbons (Fsp3) is 0.222. The molecule has 0 bridgehead atoms. The summed E-state index contributed by atoms with van der Waals surface area (Å²) >= 11 is 11.8. The van der Waals surface area contributed by atoms with Crippen molar-refractivity contribution in [2.45, 2.75) is 18.4 Å². The molecule has 1 aliphatic rings. The third-order valence-electron chi connectivity index (χ3n) is 4.21. The van der Waals surface area contributed by atoms with Crippen LogP contribution in [0.4, 0.5) is 4.39 Å². The second kappa shape index (κ2) is 6.75. The summed E-state index contributed by atoms with van der Waals surface area (Å²) in [4.78, 5) is 4.48. The molecule has 1 saturated heterocycles. The van der Waals surface area contributed by atoms with Gasteiger partial charge in [-0.15, -0.1) is 0 Å². The average molecular weight is 379 g/mol. The lowest BCUT2D eigenvalue weighted by molar-refractivity contribution is 0.0984. The quantitative estimate of drug-likeness (QED) is 0.609. The molecule has 0 amide bonds. The van der Waals surface area contributed by atoms with Crippen molar-refractivity contribution in [1.29, 1.82) is 0 Å². The van der Waals surface area contributed by atoms with Gasteiger partial charge < -0.3 is 9.26 Å². The van der Waals surface area contributed by atoms with Gasteiger partial charge in [0.1, 0.15) is 5.82 Å². The zero-order valence-corrected chi connectivity index (χ0v) is 14.5. The lowest BCUT2D eigenvalue weighted by Crippen LogP contribution is -2.07. The Morgan fingerprint density at radius 2 is 2.00 bits per heavy atom. The summed E-state index contributed by atoms with van der Waals surface area (Å²) in [5.74, 6) is 0.317. The van der Waals surface area contributed by atoms with Crippen LogP contribution in [-0.2, 0) is 4.74 Å². The van der Waals surface area contributed by atoms with E-state index in [1.54, 1.807) is 18.2 Å². The van der Waals surface area contributed by atoms with Gasteiger partial charge in [-0.25, -0.2) is 4.39 Å². The van der Waals surface area contributed by atoms with E-state index in [4.69, 9.17) is 32.5 Å². The van der Waals surface area contributed by atoms with Crippen molar-refractivity contribution in [3.05, 3.63) is 69.8 Å². The second-order valence-corrected chi connectivity index (χ2v) is 6.67. The van der Waals surface area contributed by atoms with Crippen molar-refractivity contribution in [3.63, 3.8) is 0 Å². The molecule has 2 aromatic carbocycles. The molecule has 25 heavy (non-hydrogen) atoms. The van der Waals surface area contributed by atoms with Crippen LogP contribution in [0.25, 0.3) is 11.4 Å². The lowest BCUT2D eigenvalue weighted by atomic mass is 9.95. The van der Waals surface area contributed by atoms with Gasteiger partial charge in [0.25, 0.3) is 0 Å². The van der Waals surface area contributed by atoms with Gasteiger partial charge in [-0.3, -0.25) is 0 Å². The Bertz CT molecular complexity index is 916. The van der Waals surface area contributed by atoms with Crippen LogP contribution in [0.15, 0.2) is 47.0 Å². The van der Waals surface area contributed by atoms with E-state index >= 15 is 0 Å². The van der Waals surface area contributed by atoms with E-state index in [2.05, 4.69) is 10.1 Å². The van der Waals surface area contributed by atoms with E-state index in [0.29, 0.717) is 35.3 Å². The summed E-state index contributed by atoms with van der Waals surface area (Å²) in [5.41, 5.74) is 1.47. The van der Waals surface area contributed by atoms with Gasteiger partial charge in [0.15, 0.2) is 0 Å². The first-order chi connectivity index (χ1) is 12.1. The summed E-state index contributed by atoms with van der Waals surface area (Å²) < 4.78 is 25.0. The lowest BCUT2D eigenvalue weighted by Gasteiger charge is -2.16. The Labute approximate surface area is 153 Å². The minimum absolute atomic E-state index is 0.0827. The first kappa shape index (κ1) is 16.5. The Morgan fingerprint density at radius 3 is 2.80 bits per heavy atom. The summed E-state index contributed by atoms with van der Waals surface area (Å²) in [6.45, 7) is 0.536. The van der Waals surface area contributed by atoms with E-state index in [-0.39, 0.29) is 17.0 Å². The van der Waals surface area contributed by atoms with Crippen molar-refractivity contribution in [1.82, 2.24) is 10.1 Å². The van der Waals surface area contributed by atoms with Crippen molar-refractivity contribution >= 4 is 23.2 Å². The standard InChI is InChI=1S/C18H13Cl2FN2O2/c19-12-3-1-2-11(8-12)17-22-18(25-23-17)13-6-7-24-16(13)10-4-5-14(20)15(21)9-10/h1-5,8-9,13,16H,6-7H2. The molecule has 2 atom stereocenters. The fourth-order valence-electron chi connectivity index (χ4n) is 2.99. The molecule has 1 aromatic heterocycles. The summed E-state index contributed by atoms with van der Waals surface area (Å²) in [6.07, 6.45) is 0.367. The van der Waals surface area contributed by atoms with Crippen LogP contribution >= 0.6 is 23.2 Å². The van der Waals surface area contributed by atoms with Crippen molar-refractivity contribution in [2.75, 3.05) is 6.61 Å². The number of hydrogen-bond acceptors (Lipinski definition) is 4. The Kier molecular flexibility index (Phi) is 4.46. The average Bonchev–Trinajstić information content (AvgIpc) is 3.26. The van der Waals surface area contributed by atoms with Crippen LogP contribution in [0.5, 0.6) is 0 Å². The highest BCUT2D eigenvalue weighted by atomic mass is 35.5. The fourth-order valence-corrected chi connectivity index (χ4v) is 3.30. The molecule has 0 spiro atoms. The number of nitrogens with zero attached hydrogens (tertiary/aromatic N) is 2. The highest BCUT2D eigenvalue weighted by Crippen LogP contribution is 2.42. The molecular formula is C18H13Cl2FN2O2. The number of ether oxygens (including phenoxy) is 1. The molecule has 3 aromatic rings. The zero-order chi connectivity index (χ0) is 17.4. The van der Waals surface area contributed by atoms with E-state index < -0.39 is 5.82 Å². The molecule has 2 unspecified atom stereocenters. The summed E-state index contributed by atoms with van der Waals surface area (Å²) in [7, 11) is 0. The molecule has 0 N–H and O–H groups in total. The van der Waals surface area contributed by atoms with Crippen molar-refractivity contribution in [2.24, 2.45) is 0 Å². The molecule has 2 heterocycles. The van der Waals surface area contributed by atoms with Gasteiger partial charge in [0.2, 0.25) is 11.7 Å². The maximum Gasteiger partial charge on any atom is 0.233 e. The largest absolute Gasteiger partial charge is 0.373 e. The molecule has 4 nitrogen and oxygen atoms in total. The molecule has 1 fully saturated rings. The Morgan fingerprint density at radius 1 is 1.12 bits per heavy atom. The summed E-state index contributed by atoms with van der Waals surface area (Å²) in [5, 5.41) is 4.72. The van der Waals surface area contributed by atoms with E-state index in [0.717, 1.165) is 5.56 Å². The molecule has 4 rings (SSSR count). The maximum atomic E-state index is 13.8. The highest BCUT2D eigenvalue weighted by Gasteiger charge is 2.35. The SMILES string of the molecule is Fc1cc(C2OCCC2c2nc(-c3cccc(Cl)c3)no2)ccc1Cl. The van der Waals surface area contributed by atoms with E-state index in [1.165, 1.54) is 12.1 Å². The number of halogens is 3. The Balaban J connectivity index is 1.63. The molecule has 0 radical (unpaired) electrons. The van der Waals surface area contributed by atoms with Gasteiger partial charge in [-0.1, -0.05) is 46.6 Å². The minimum Gasteiger partial charge on any atom is -0.373 e. The maximum absolute atomic E-state index is 13.8. The topological polar surface area (TPSA) is 48.2 Å². The third-order valence-corrected chi connectivity index (χ3v) is 4.75. The Hall–Kier alpha value is -1.95. The van der Waals surface area contributed by atoms with Gasteiger partial charge >= 0.3 is 0 Å². The van der Waals surface area contributed by atoms with Crippen LogP contribution in [0.3, 0.4) is 0 Å². The smallest absolute Gasteiger partial charge is 0.233 e. The first-order valence-electron chi connectivity index (χ1n) is 7.78. The number of rotatable bonds is 3. The third kappa shape index (κ3) is 3.27. The molecular weight excluding hydrogens is 366 g/mol. The number of benzene rings is 2. The van der Waals surface area contributed by atoms with E-state index in [1.807, 2.05) is 12.1 Å². The molecule has 1 aliphatic heterocycles. The van der Waals surface area contributed by atoms with Gasteiger partial charge in [-0.2, -0.15) is 4.98 Å². The normalized spacial score (nSPS) is 20.1. The van der Waals surface area contributed by atoms with Crippen LogP contribution in [0, 0.1) is 5.82 Å². The van der Waals surface area contributed by atoms with Crippen LogP contribution in [-0.4, -0.2) is 16.7 Å². The minimum atomic E-state index is -0.474. The predicted octanol–water partition coefficient (Wildman–Crippen LogP) is 5.43. The molecule has 0 saturated carbocycles. The van der Waals surface area contributed by atoms with Gasteiger partial charge in [0.05, 0.1) is 17.0 Å². The van der Waals surface area contributed by atoms with Gasteiger partial charge in [0, 0.05) is 17.2 Å². The van der Waals surface area contributed by atoms with Crippen LogP contribution < -0.4 is 0 Å². The van der Waals surface area contributed by atoms with Crippen LogP contribution in [0.1, 0.15) is 29.9 Å². The van der Waals surface area contributed by atoms with E-state index in [9.17, 15) is 4.39 Å². The molecule has 0 aliphatic carbocycles. The highest BCUT2D eigenvalue weighted by molar-refractivity contribution is 6.31. The van der Waals surface area contributed by atoms with Gasteiger partial charge in [-0.05, 0) is 36.2 Å². The van der Waals surface area contributed by atoms with Crippen molar-refractivity contribution < 1.29 is 13.7 Å². The predicted molar refractivity (Wildman–Crippen MR) is 92.2 cm³/mol. The molecule has 7 heteroatoms. The van der Waals surface area contributed by atoms with Crippen molar-refractivity contribution in [3.8, 4) is 11.4 Å². The first-order valence-corrected chi connectivity index (χ1v) is 8.53. The number of hydrogen-bond donors (Lipinski definition) is 0. The molecule has 128 valence electrons. The monoisotopic (exact) mass is 378 g/mol. The zero-order valence-electron chi connectivity index (χ0n) is 13.0. The van der Waals surface area contributed by atoms with Crippen LogP contribution in [0.2, 0.25) is 10.0 Å². The second-order valence-electron chi connectivity index (χ2n) is 5.83. The summed E-state index contributed by atoms with van der Waals surface area (Å²) in [6, 6.07) is 11.9. The number of aromatic nitrogens is 2.